The molecule has 1 amide bonds. The minimum Gasteiger partial charge on any atom is -0.462 e. The number of phosphoric acid groups is 1. The van der Waals surface area contributed by atoms with Crippen molar-refractivity contribution in [3.8, 4) is 0 Å². The molecule has 2 unspecified atom stereocenters. The van der Waals surface area contributed by atoms with E-state index in [1.54, 1.807) is 0 Å². The molecule has 0 aromatic heterocycles. The van der Waals surface area contributed by atoms with E-state index in [4.69, 9.17) is 18.7 Å². The van der Waals surface area contributed by atoms with Gasteiger partial charge in [0.1, 0.15) is 24.4 Å². The van der Waals surface area contributed by atoms with Crippen LogP contribution >= 0.6 is 7.82 Å². The zero-order chi connectivity index (χ0) is 46.6. The topological polar surface area (TPSA) is 218 Å². The van der Waals surface area contributed by atoms with Gasteiger partial charge in [0, 0.05) is 6.42 Å². The molecule has 372 valence electrons. The Kier molecular flexibility index (Phi) is 36.3. The van der Waals surface area contributed by atoms with Gasteiger partial charge in [0.05, 0.1) is 25.6 Å². The second-order valence-electron chi connectivity index (χ2n) is 18.0. The van der Waals surface area contributed by atoms with E-state index in [0.29, 0.717) is 25.7 Å². The lowest BCUT2D eigenvalue weighted by Gasteiger charge is -2.43. The minimum atomic E-state index is -5.29. The highest BCUT2D eigenvalue weighted by Crippen LogP contribution is 2.42. The Labute approximate surface area is 381 Å². The van der Waals surface area contributed by atoms with Crippen molar-refractivity contribution in [2.24, 2.45) is 0 Å². The molecule has 7 atom stereocenters. The van der Waals surface area contributed by atoms with Crippen LogP contribution in [0.1, 0.15) is 239 Å². The molecule has 0 bridgehead atoms. The number of hydrogen-bond donors (Lipinski definition) is 6. The molecule has 0 radical (unpaired) electrons. The van der Waals surface area contributed by atoms with Crippen molar-refractivity contribution in [2.75, 3.05) is 6.61 Å². The number of esters is 2. The van der Waals surface area contributed by atoms with Crippen LogP contribution in [0.15, 0.2) is 0 Å². The number of aliphatic hydroxyl groups excluding tert-OH is 3. The molecule has 0 spiro atoms. The Morgan fingerprint density at radius 1 is 0.603 bits per heavy atom. The summed E-state index contributed by atoms with van der Waals surface area (Å²) in [6.07, 6.45) is 23.6. The van der Waals surface area contributed by atoms with Crippen molar-refractivity contribution in [3.05, 3.63) is 0 Å². The maximum atomic E-state index is 13.7. The highest BCUT2D eigenvalue weighted by atomic mass is 31.2. The van der Waals surface area contributed by atoms with Gasteiger partial charge in [0.2, 0.25) is 5.91 Å². The van der Waals surface area contributed by atoms with E-state index in [1.165, 1.54) is 103 Å². The molecule has 0 aliphatic carbocycles. The minimum absolute atomic E-state index is 0.210. The fourth-order valence-corrected chi connectivity index (χ4v) is 8.92. The van der Waals surface area contributed by atoms with Crippen LogP contribution in [0.2, 0.25) is 0 Å². The average molecular weight is 922 g/mol. The van der Waals surface area contributed by atoms with Gasteiger partial charge in [-0.15, -0.1) is 0 Å². The summed E-state index contributed by atoms with van der Waals surface area (Å²) >= 11 is 0. The Morgan fingerprint density at radius 3 is 1.48 bits per heavy atom. The SMILES string of the molecule is CCCCCCCCCCCCCC(=O)OC(CCCCCCCCCCC)CC(=O)O[C@@H]1[C@@H](NC(=O)CC(O)CCCCCCCCCCC)[C@@H](O)O[C@H](CO)[C@H]1OP(=O)(O)O. The summed E-state index contributed by atoms with van der Waals surface area (Å²) in [6.45, 7) is 5.72. The molecule has 1 saturated heterocycles. The second-order valence-corrected chi connectivity index (χ2v) is 19.2. The third kappa shape index (κ3) is 31.8. The van der Waals surface area contributed by atoms with Gasteiger partial charge in [-0.05, 0) is 25.7 Å². The average Bonchev–Trinajstić information content (AvgIpc) is 3.23. The van der Waals surface area contributed by atoms with Gasteiger partial charge in [0.25, 0.3) is 0 Å². The van der Waals surface area contributed by atoms with E-state index in [-0.39, 0.29) is 19.3 Å². The van der Waals surface area contributed by atoms with E-state index < -0.39 is 75.1 Å². The van der Waals surface area contributed by atoms with E-state index in [9.17, 15) is 44.1 Å². The van der Waals surface area contributed by atoms with E-state index in [0.717, 1.165) is 70.6 Å². The molecule has 0 saturated carbocycles. The summed E-state index contributed by atoms with van der Waals surface area (Å²) < 4.78 is 34.1. The molecule has 1 rings (SSSR count). The van der Waals surface area contributed by atoms with Crippen molar-refractivity contribution in [1.29, 1.82) is 0 Å². The van der Waals surface area contributed by atoms with Crippen molar-refractivity contribution in [1.82, 2.24) is 5.32 Å². The summed E-state index contributed by atoms with van der Waals surface area (Å²) in [7, 11) is -5.29. The monoisotopic (exact) mass is 922 g/mol. The number of ether oxygens (including phenoxy) is 3. The van der Waals surface area contributed by atoms with Crippen molar-refractivity contribution < 1.29 is 62.8 Å². The molecule has 1 aliphatic rings. The molecular weight excluding hydrogens is 829 g/mol. The fraction of sp³-hybridized carbons (Fsp3) is 0.938. The molecule has 15 heteroatoms. The molecule has 14 nitrogen and oxygen atoms in total. The molecule has 1 fully saturated rings. The van der Waals surface area contributed by atoms with Gasteiger partial charge < -0.3 is 44.6 Å². The number of phosphoric ester groups is 1. The van der Waals surface area contributed by atoms with Crippen LogP contribution in [0.5, 0.6) is 0 Å². The first kappa shape index (κ1) is 59.4. The van der Waals surface area contributed by atoms with Crippen LogP contribution in [-0.2, 0) is 37.7 Å². The third-order valence-electron chi connectivity index (χ3n) is 12.1. The Balaban J connectivity index is 2.94. The lowest BCUT2D eigenvalue weighted by molar-refractivity contribution is -0.256. The maximum absolute atomic E-state index is 13.7. The number of nitrogens with one attached hydrogen (secondary N) is 1. The van der Waals surface area contributed by atoms with Crippen molar-refractivity contribution in [3.63, 3.8) is 0 Å². The first-order chi connectivity index (χ1) is 30.3. The molecule has 63 heavy (non-hydrogen) atoms. The lowest BCUT2D eigenvalue weighted by atomic mass is 9.96. The summed E-state index contributed by atoms with van der Waals surface area (Å²) in [6, 6.07) is -1.58. The molecule has 1 aliphatic heterocycles. The molecular formula is C48H92NO13P. The van der Waals surface area contributed by atoms with Gasteiger partial charge >= 0.3 is 19.8 Å². The van der Waals surface area contributed by atoms with Crippen LogP contribution in [-0.4, -0.2) is 92.4 Å². The van der Waals surface area contributed by atoms with Crippen LogP contribution in [0, 0.1) is 0 Å². The Hall–Kier alpha value is -1.64. The smallest absolute Gasteiger partial charge is 0.462 e. The zero-order valence-electron chi connectivity index (χ0n) is 39.7. The number of unbranched alkanes of at least 4 members (excludes halogenated alkanes) is 26. The van der Waals surface area contributed by atoms with Gasteiger partial charge in [-0.25, -0.2) is 4.57 Å². The van der Waals surface area contributed by atoms with Gasteiger partial charge in [-0.1, -0.05) is 194 Å². The lowest BCUT2D eigenvalue weighted by Crippen LogP contribution is -2.65. The van der Waals surface area contributed by atoms with Gasteiger partial charge in [-0.2, -0.15) is 0 Å². The summed E-state index contributed by atoms with van der Waals surface area (Å²) in [4.78, 5) is 59.5. The van der Waals surface area contributed by atoms with Crippen LogP contribution in [0.4, 0.5) is 0 Å². The van der Waals surface area contributed by atoms with E-state index in [1.807, 2.05) is 0 Å². The molecule has 6 N–H and O–H groups in total. The summed E-state index contributed by atoms with van der Waals surface area (Å²) in [5.74, 6) is -2.06. The van der Waals surface area contributed by atoms with Crippen molar-refractivity contribution >= 4 is 25.7 Å². The maximum Gasteiger partial charge on any atom is 0.470 e. The normalized spacial score (nSPS) is 20.0. The number of amides is 1. The predicted octanol–water partition coefficient (Wildman–Crippen LogP) is 10.2. The first-order valence-electron chi connectivity index (χ1n) is 25.4. The Bertz CT molecular complexity index is 1190. The standard InChI is InChI=1S/C48H92NO13P/c1-4-7-10-13-16-19-20-23-26-29-32-35-43(53)59-40(34-31-28-25-22-18-15-12-9-6-3)37-44(54)61-47-45(48(55)60-41(38-50)46(47)62-63(56,57)58)49-42(52)36-39(51)33-30-27-24-21-17-14-11-8-5-2/h39-41,45-48,50-51,55H,4-38H2,1-3H3,(H,49,52)(H2,56,57,58)/t39?,40?,41-,45-,46-,47-,48+/m1/s1. The largest absolute Gasteiger partial charge is 0.470 e. The summed E-state index contributed by atoms with van der Waals surface area (Å²) in [5, 5.41) is 34.2. The van der Waals surface area contributed by atoms with E-state index in [2.05, 4.69) is 26.1 Å². The second kappa shape index (κ2) is 38.5. The van der Waals surface area contributed by atoms with E-state index >= 15 is 0 Å². The van der Waals surface area contributed by atoms with Crippen LogP contribution < -0.4 is 5.32 Å². The third-order valence-corrected chi connectivity index (χ3v) is 12.6. The van der Waals surface area contributed by atoms with Gasteiger partial charge in [-0.3, -0.25) is 18.9 Å². The van der Waals surface area contributed by atoms with Gasteiger partial charge in [0.15, 0.2) is 12.4 Å². The quantitative estimate of drug-likeness (QED) is 0.0191. The van der Waals surface area contributed by atoms with Crippen LogP contribution in [0.25, 0.3) is 0 Å². The fourth-order valence-electron chi connectivity index (χ4n) is 8.35. The highest BCUT2D eigenvalue weighted by Gasteiger charge is 2.51. The zero-order valence-corrected chi connectivity index (χ0v) is 40.6. The van der Waals surface area contributed by atoms with Crippen LogP contribution in [0.3, 0.4) is 0 Å². The molecule has 0 aromatic rings. The number of hydrogen-bond acceptors (Lipinski definition) is 11. The Morgan fingerprint density at radius 2 is 1.03 bits per heavy atom. The number of carbonyl (C=O) groups excluding carboxylic acids is 3. The highest BCUT2D eigenvalue weighted by molar-refractivity contribution is 7.46. The first-order valence-corrected chi connectivity index (χ1v) is 26.9. The molecule has 0 aromatic carbocycles. The summed E-state index contributed by atoms with van der Waals surface area (Å²) in [5.41, 5.74) is 0. The van der Waals surface area contributed by atoms with Crippen molar-refractivity contribution in [2.45, 2.75) is 282 Å². The predicted molar refractivity (Wildman–Crippen MR) is 247 cm³/mol. The number of aliphatic hydroxyl groups is 3. The number of carbonyl (C=O) groups is 3. The number of rotatable bonds is 42. The molecule has 1 heterocycles.